The summed E-state index contributed by atoms with van der Waals surface area (Å²) >= 11 is 0. The van der Waals surface area contributed by atoms with E-state index >= 15 is 0 Å². The van der Waals surface area contributed by atoms with Gasteiger partial charge in [0.05, 0.1) is 18.3 Å². The predicted molar refractivity (Wildman–Crippen MR) is 90.4 cm³/mol. The Balaban J connectivity index is 1.71. The van der Waals surface area contributed by atoms with E-state index in [0.29, 0.717) is 16.8 Å². The zero-order valence-electron chi connectivity index (χ0n) is 14.5. The molecule has 1 aliphatic rings. The third kappa shape index (κ3) is 4.60. The van der Waals surface area contributed by atoms with Crippen LogP contribution in [-0.2, 0) is 17.5 Å². The van der Waals surface area contributed by atoms with E-state index in [0.717, 1.165) is 17.8 Å². The second-order valence-electron chi connectivity index (χ2n) is 6.43. The lowest BCUT2D eigenvalue weighted by atomic mass is 10.0. The van der Waals surface area contributed by atoms with E-state index < -0.39 is 24.1 Å². The SMILES string of the molecule is Cc1cnc(CNC(=O)[C@H]2C[C@@H](F)CN2)cc1-c1ccc(C(F)(F)F)nc1. The van der Waals surface area contributed by atoms with Gasteiger partial charge in [-0.1, -0.05) is 6.07 Å². The lowest BCUT2D eigenvalue weighted by Crippen LogP contribution is -2.40. The molecule has 1 saturated heterocycles. The summed E-state index contributed by atoms with van der Waals surface area (Å²) in [6.07, 6.45) is -2.64. The average Bonchev–Trinajstić information content (AvgIpc) is 3.07. The van der Waals surface area contributed by atoms with Crippen LogP contribution in [0.2, 0.25) is 0 Å². The molecule has 5 nitrogen and oxygen atoms in total. The Morgan fingerprint density at radius 2 is 2.07 bits per heavy atom. The van der Waals surface area contributed by atoms with Crippen molar-refractivity contribution in [2.24, 2.45) is 0 Å². The summed E-state index contributed by atoms with van der Waals surface area (Å²) in [4.78, 5) is 19.7. The molecule has 144 valence electrons. The molecule has 2 aromatic heterocycles. The molecule has 0 aromatic carbocycles. The van der Waals surface area contributed by atoms with E-state index in [-0.39, 0.29) is 25.4 Å². The summed E-state index contributed by atoms with van der Waals surface area (Å²) < 4.78 is 51.1. The van der Waals surface area contributed by atoms with Gasteiger partial charge in [-0.25, -0.2) is 4.39 Å². The molecule has 0 spiro atoms. The van der Waals surface area contributed by atoms with Crippen LogP contribution in [0.3, 0.4) is 0 Å². The number of nitrogens with zero attached hydrogens (tertiary/aromatic N) is 2. The number of carbonyl (C=O) groups excluding carboxylic acids is 1. The fourth-order valence-corrected chi connectivity index (χ4v) is 2.89. The number of amides is 1. The van der Waals surface area contributed by atoms with E-state index in [9.17, 15) is 22.4 Å². The molecule has 0 radical (unpaired) electrons. The van der Waals surface area contributed by atoms with E-state index in [2.05, 4.69) is 20.6 Å². The molecule has 0 unspecified atom stereocenters. The summed E-state index contributed by atoms with van der Waals surface area (Å²) in [5.41, 5.74) is 1.55. The van der Waals surface area contributed by atoms with Crippen molar-refractivity contribution in [1.29, 1.82) is 0 Å². The molecule has 0 bridgehead atoms. The Hall–Kier alpha value is -2.55. The van der Waals surface area contributed by atoms with Crippen molar-refractivity contribution in [2.75, 3.05) is 6.54 Å². The molecule has 1 amide bonds. The summed E-state index contributed by atoms with van der Waals surface area (Å²) in [6.45, 7) is 2.08. The minimum atomic E-state index is -4.49. The number of pyridine rings is 2. The van der Waals surface area contributed by atoms with Gasteiger partial charge in [-0.2, -0.15) is 13.2 Å². The highest BCUT2D eigenvalue weighted by molar-refractivity contribution is 5.82. The maximum atomic E-state index is 13.2. The molecule has 1 aliphatic heterocycles. The first-order valence-corrected chi connectivity index (χ1v) is 8.38. The average molecular weight is 382 g/mol. The highest BCUT2D eigenvalue weighted by Crippen LogP contribution is 2.30. The Bertz CT molecular complexity index is 823. The van der Waals surface area contributed by atoms with Crippen LogP contribution in [0, 0.1) is 6.92 Å². The Morgan fingerprint density at radius 1 is 1.30 bits per heavy atom. The largest absolute Gasteiger partial charge is 0.433 e. The van der Waals surface area contributed by atoms with Gasteiger partial charge in [0.1, 0.15) is 11.9 Å². The summed E-state index contributed by atoms with van der Waals surface area (Å²) in [7, 11) is 0. The van der Waals surface area contributed by atoms with Gasteiger partial charge in [-0.3, -0.25) is 14.8 Å². The van der Waals surface area contributed by atoms with Crippen molar-refractivity contribution in [3.05, 3.63) is 47.5 Å². The molecular formula is C18H18F4N4O. The van der Waals surface area contributed by atoms with E-state index in [4.69, 9.17) is 0 Å². The van der Waals surface area contributed by atoms with Crippen LogP contribution in [-0.4, -0.2) is 34.6 Å². The van der Waals surface area contributed by atoms with Crippen molar-refractivity contribution in [1.82, 2.24) is 20.6 Å². The number of halogens is 4. The minimum absolute atomic E-state index is 0.134. The quantitative estimate of drug-likeness (QED) is 0.798. The van der Waals surface area contributed by atoms with Crippen molar-refractivity contribution < 1.29 is 22.4 Å². The first kappa shape index (κ1) is 19.2. The van der Waals surface area contributed by atoms with Crippen LogP contribution < -0.4 is 10.6 Å². The van der Waals surface area contributed by atoms with Crippen LogP contribution in [0.1, 0.15) is 23.4 Å². The normalized spacial score (nSPS) is 19.9. The molecule has 3 rings (SSSR count). The second-order valence-corrected chi connectivity index (χ2v) is 6.43. The van der Waals surface area contributed by atoms with E-state index in [1.54, 1.807) is 19.2 Å². The first-order valence-electron chi connectivity index (χ1n) is 8.38. The molecule has 2 N–H and O–H groups in total. The number of rotatable bonds is 4. The van der Waals surface area contributed by atoms with Crippen molar-refractivity contribution in [3.63, 3.8) is 0 Å². The number of aromatic nitrogens is 2. The minimum Gasteiger partial charge on any atom is -0.349 e. The number of hydrogen-bond donors (Lipinski definition) is 2. The van der Waals surface area contributed by atoms with Crippen LogP contribution in [0.5, 0.6) is 0 Å². The van der Waals surface area contributed by atoms with Gasteiger partial charge >= 0.3 is 6.18 Å². The Morgan fingerprint density at radius 3 is 2.67 bits per heavy atom. The van der Waals surface area contributed by atoms with Gasteiger partial charge in [0.15, 0.2) is 0 Å². The van der Waals surface area contributed by atoms with Gasteiger partial charge in [-0.05, 0) is 30.2 Å². The molecule has 0 aliphatic carbocycles. The summed E-state index contributed by atoms with van der Waals surface area (Å²) in [5.74, 6) is -0.310. The third-order valence-corrected chi connectivity index (χ3v) is 4.36. The van der Waals surface area contributed by atoms with Crippen molar-refractivity contribution in [3.8, 4) is 11.1 Å². The summed E-state index contributed by atoms with van der Waals surface area (Å²) in [5, 5.41) is 5.49. The number of carbonyl (C=O) groups is 1. The highest BCUT2D eigenvalue weighted by Gasteiger charge is 2.32. The maximum Gasteiger partial charge on any atom is 0.433 e. The van der Waals surface area contributed by atoms with Crippen LogP contribution >= 0.6 is 0 Å². The van der Waals surface area contributed by atoms with Crippen LogP contribution in [0.15, 0.2) is 30.6 Å². The number of nitrogens with one attached hydrogen (secondary N) is 2. The standard InChI is InChI=1S/C18H18F4N4O/c1-10-6-23-13(9-26-17(27)15-4-12(19)8-24-15)5-14(10)11-2-3-16(25-7-11)18(20,21)22/h2-3,5-7,12,15,24H,4,8-9H2,1H3,(H,26,27)/t12-,15-/m1/s1. The smallest absolute Gasteiger partial charge is 0.349 e. The maximum absolute atomic E-state index is 13.2. The first-order chi connectivity index (χ1) is 12.7. The zero-order valence-corrected chi connectivity index (χ0v) is 14.5. The van der Waals surface area contributed by atoms with Gasteiger partial charge in [0.2, 0.25) is 5.91 Å². The molecule has 3 heterocycles. The number of aryl methyl sites for hydroxylation is 1. The molecule has 0 saturated carbocycles. The number of hydrogen-bond acceptors (Lipinski definition) is 4. The molecule has 2 atom stereocenters. The van der Waals surface area contributed by atoms with Gasteiger partial charge < -0.3 is 10.6 Å². The second kappa shape index (κ2) is 7.59. The Labute approximate surface area is 153 Å². The van der Waals surface area contributed by atoms with Crippen LogP contribution in [0.4, 0.5) is 17.6 Å². The van der Waals surface area contributed by atoms with E-state index in [1.807, 2.05) is 0 Å². The lowest BCUT2D eigenvalue weighted by molar-refractivity contribution is -0.141. The molecular weight excluding hydrogens is 364 g/mol. The number of alkyl halides is 4. The van der Waals surface area contributed by atoms with Gasteiger partial charge in [0.25, 0.3) is 0 Å². The third-order valence-electron chi connectivity index (χ3n) is 4.36. The molecule has 2 aromatic rings. The van der Waals surface area contributed by atoms with Gasteiger partial charge in [0, 0.05) is 30.9 Å². The molecule has 1 fully saturated rings. The molecule has 27 heavy (non-hydrogen) atoms. The Kier molecular flexibility index (Phi) is 5.41. The monoisotopic (exact) mass is 382 g/mol. The predicted octanol–water partition coefficient (Wildman–Crippen LogP) is 2.79. The zero-order chi connectivity index (χ0) is 19.6. The fraction of sp³-hybridized carbons (Fsp3) is 0.389. The van der Waals surface area contributed by atoms with Crippen LogP contribution in [0.25, 0.3) is 11.1 Å². The summed E-state index contributed by atoms with van der Waals surface area (Å²) in [6, 6.07) is 3.41. The van der Waals surface area contributed by atoms with E-state index in [1.165, 1.54) is 6.07 Å². The van der Waals surface area contributed by atoms with Crippen molar-refractivity contribution >= 4 is 5.91 Å². The van der Waals surface area contributed by atoms with Crippen molar-refractivity contribution in [2.45, 2.75) is 38.3 Å². The lowest BCUT2D eigenvalue weighted by Gasteiger charge is -2.12. The van der Waals surface area contributed by atoms with Gasteiger partial charge in [-0.15, -0.1) is 0 Å². The molecule has 9 heteroatoms. The topological polar surface area (TPSA) is 66.9 Å². The highest BCUT2D eigenvalue weighted by atomic mass is 19.4. The fourth-order valence-electron chi connectivity index (χ4n) is 2.89.